The van der Waals surface area contributed by atoms with Gasteiger partial charge in [0, 0.05) is 13.2 Å². The Hall–Kier alpha value is -1.65. The van der Waals surface area contributed by atoms with Gasteiger partial charge in [0.05, 0.1) is 23.9 Å². The van der Waals surface area contributed by atoms with E-state index >= 15 is 0 Å². The molecule has 0 radical (unpaired) electrons. The summed E-state index contributed by atoms with van der Waals surface area (Å²) >= 11 is 0. The first-order valence-corrected chi connectivity index (χ1v) is 6.64. The van der Waals surface area contributed by atoms with Crippen LogP contribution >= 0.6 is 0 Å². The van der Waals surface area contributed by atoms with Gasteiger partial charge in [-0.05, 0) is 18.4 Å². The molecule has 0 saturated carbocycles. The van der Waals surface area contributed by atoms with Gasteiger partial charge in [-0.2, -0.15) is 0 Å². The Balaban J connectivity index is 2.06. The molecule has 0 bridgehead atoms. The Kier molecular flexibility index (Phi) is 3.36. The number of aliphatic hydroxyl groups excluding tert-OH is 1. The Morgan fingerprint density at radius 1 is 1.21 bits per heavy atom. The highest BCUT2D eigenvalue weighted by Gasteiger charge is 2.38. The van der Waals surface area contributed by atoms with Crippen LogP contribution in [0.4, 0.5) is 0 Å². The monoisotopic (exact) mass is 258 g/mol. The van der Waals surface area contributed by atoms with Crippen molar-refractivity contribution in [2.24, 2.45) is 0 Å². The van der Waals surface area contributed by atoms with E-state index in [1.54, 1.807) is 6.20 Å². The first-order valence-electron chi connectivity index (χ1n) is 6.64. The smallest absolute Gasteiger partial charge is 0.117 e. The minimum Gasteiger partial charge on any atom is -0.390 e. The van der Waals surface area contributed by atoms with Crippen molar-refractivity contribution in [1.29, 1.82) is 0 Å². The maximum atomic E-state index is 9.21. The van der Waals surface area contributed by atoms with Gasteiger partial charge in [0.1, 0.15) is 5.82 Å². The Labute approximate surface area is 112 Å². The number of imidazole rings is 1. The maximum Gasteiger partial charge on any atom is 0.117 e. The number of hydrogen-bond donors (Lipinski definition) is 2. The molecule has 4 nitrogen and oxygen atoms in total. The Morgan fingerprint density at radius 3 is 2.58 bits per heavy atom. The van der Waals surface area contributed by atoms with Crippen LogP contribution in [0.25, 0.3) is 0 Å². The maximum absolute atomic E-state index is 9.21. The molecule has 0 spiro atoms. The molecule has 2 aromatic rings. The van der Waals surface area contributed by atoms with Crippen LogP contribution in [0.5, 0.6) is 0 Å². The van der Waals surface area contributed by atoms with E-state index in [2.05, 4.69) is 34.2 Å². The average molecular weight is 258 g/mol. The minimum absolute atomic E-state index is 0.00559. The molecule has 0 amide bonds. The molecule has 1 aliphatic rings. The summed E-state index contributed by atoms with van der Waals surface area (Å²) < 4.78 is 5.51. The number of H-pyrrole nitrogens is 1. The standard InChI is InChI=1S/C15H18N2O2/c18-11-13-10-16-14(17-13)15(6-8-19-9-7-15)12-4-2-1-3-5-12/h1-5,10,18H,6-9,11H2,(H,16,17). The lowest BCUT2D eigenvalue weighted by atomic mass is 9.73. The van der Waals surface area contributed by atoms with E-state index in [0.717, 1.165) is 37.6 Å². The molecule has 4 heteroatoms. The quantitative estimate of drug-likeness (QED) is 0.885. The lowest BCUT2D eigenvalue weighted by molar-refractivity contribution is 0.0606. The van der Waals surface area contributed by atoms with Crippen LogP contribution in [0.15, 0.2) is 36.5 Å². The summed E-state index contributed by atoms with van der Waals surface area (Å²) in [6.07, 6.45) is 3.54. The van der Waals surface area contributed by atoms with Crippen molar-refractivity contribution >= 4 is 0 Å². The number of benzene rings is 1. The van der Waals surface area contributed by atoms with Crippen LogP contribution in [0.1, 0.15) is 29.9 Å². The largest absolute Gasteiger partial charge is 0.390 e. The van der Waals surface area contributed by atoms with E-state index < -0.39 is 0 Å². The van der Waals surface area contributed by atoms with E-state index in [1.165, 1.54) is 5.56 Å². The molecular weight excluding hydrogens is 240 g/mol. The molecule has 1 aromatic heterocycles. The van der Waals surface area contributed by atoms with Gasteiger partial charge in [-0.15, -0.1) is 0 Å². The fraction of sp³-hybridized carbons (Fsp3) is 0.400. The summed E-state index contributed by atoms with van der Waals surface area (Å²) in [6, 6.07) is 10.4. The van der Waals surface area contributed by atoms with Gasteiger partial charge < -0.3 is 14.8 Å². The predicted octanol–water partition coefficient (Wildman–Crippen LogP) is 2.00. The normalized spacial score (nSPS) is 18.4. The SMILES string of the molecule is OCc1cnc(C2(c3ccccc3)CCOCC2)[nH]1. The van der Waals surface area contributed by atoms with Crippen molar-refractivity contribution < 1.29 is 9.84 Å². The molecule has 0 atom stereocenters. The second kappa shape index (κ2) is 5.15. The number of nitrogens with one attached hydrogen (secondary N) is 1. The van der Waals surface area contributed by atoms with Gasteiger partial charge in [-0.1, -0.05) is 30.3 Å². The second-order valence-electron chi connectivity index (χ2n) is 4.98. The lowest BCUT2D eigenvalue weighted by Gasteiger charge is -2.36. The van der Waals surface area contributed by atoms with E-state index in [4.69, 9.17) is 4.74 Å². The molecule has 3 rings (SSSR count). The van der Waals surface area contributed by atoms with Gasteiger partial charge in [0.2, 0.25) is 0 Å². The lowest BCUT2D eigenvalue weighted by Crippen LogP contribution is -2.36. The number of ether oxygens (including phenoxy) is 1. The van der Waals surface area contributed by atoms with Crippen LogP contribution in [0.2, 0.25) is 0 Å². The fourth-order valence-electron chi connectivity index (χ4n) is 2.82. The van der Waals surface area contributed by atoms with Crippen LogP contribution in [0.3, 0.4) is 0 Å². The molecule has 1 fully saturated rings. The van der Waals surface area contributed by atoms with Crippen molar-refractivity contribution in [3.63, 3.8) is 0 Å². The number of hydrogen-bond acceptors (Lipinski definition) is 3. The van der Waals surface area contributed by atoms with E-state index in [0.29, 0.717) is 0 Å². The molecule has 1 aliphatic heterocycles. The molecule has 19 heavy (non-hydrogen) atoms. The number of aliphatic hydroxyl groups is 1. The molecule has 2 heterocycles. The molecule has 2 N–H and O–H groups in total. The van der Waals surface area contributed by atoms with Gasteiger partial charge in [-0.25, -0.2) is 4.98 Å². The highest BCUT2D eigenvalue weighted by molar-refractivity contribution is 5.34. The van der Waals surface area contributed by atoms with Crippen molar-refractivity contribution in [3.8, 4) is 0 Å². The first-order chi connectivity index (χ1) is 9.35. The Morgan fingerprint density at radius 2 is 1.95 bits per heavy atom. The van der Waals surface area contributed by atoms with Crippen LogP contribution in [0, 0.1) is 0 Å². The third-order valence-electron chi connectivity index (χ3n) is 3.92. The summed E-state index contributed by atoms with van der Waals surface area (Å²) in [5.74, 6) is 0.936. The number of nitrogens with zero attached hydrogens (tertiary/aromatic N) is 1. The summed E-state index contributed by atoms with van der Waals surface area (Å²) in [6.45, 7) is 1.47. The van der Waals surface area contributed by atoms with Crippen LogP contribution < -0.4 is 0 Å². The first kappa shape index (κ1) is 12.4. The number of rotatable bonds is 3. The highest BCUT2D eigenvalue weighted by Crippen LogP contribution is 2.39. The highest BCUT2D eigenvalue weighted by atomic mass is 16.5. The molecule has 100 valence electrons. The molecule has 0 unspecified atom stereocenters. The summed E-state index contributed by atoms with van der Waals surface area (Å²) in [5, 5.41) is 9.21. The molecular formula is C15H18N2O2. The van der Waals surface area contributed by atoms with Gasteiger partial charge in [0.15, 0.2) is 0 Å². The molecule has 1 saturated heterocycles. The summed E-state index contributed by atoms with van der Waals surface area (Å²) in [4.78, 5) is 7.74. The van der Waals surface area contributed by atoms with E-state index in [9.17, 15) is 5.11 Å². The van der Waals surface area contributed by atoms with E-state index in [-0.39, 0.29) is 12.0 Å². The van der Waals surface area contributed by atoms with Crippen LogP contribution in [-0.2, 0) is 16.8 Å². The van der Waals surface area contributed by atoms with Crippen molar-refractivity contribution in [2.45, 2.75) is 24.9 Å². The fourth-order valence-corrected chi connectivity index (χ4v) is 2.82. The summed E-state index contributed by atoms with van der Waals surface area (Å²) in [5.41, 5.74) is 1.90. The molecule has 1 aromatic carbocycles. The zero-order valence-electron chi connectivity index (χ0n) is 10.8. The summed E-state index contributed by atoms with van der Waals surface area (Å²) in [7, 11) is 0. The third kappa shape index (κ3) is 2.17. The van der Waals surface area contributed by atoms with E-state index in [1.807, 2.05) is 6.07 Å². The van der Waals surface area contributed by atoms with Gasteiger partial charge in [-0.3, -0.25) is 0 Å². The van der Waals surface area contributed by atoms with Gasteiger partial charge in [0.25, 0.3) is 0 Å². The number of aromatic nitrogens is 2. The number of aromatic amines is 1. The van der Waals surface area contributed by atoms with Crippen LogP contribution in [-0.4, -0.2) is 28.3 Å². The van der Waals surface area contributed by atoms with Crippen molar-refractivity contribution in [3.05, 3.63) is 53.6 Å². The van der Waals surface area contributed by atoms with Gasteiger partial charge >= 0.3 is 0 Å². The minimum atomic E-state index is -0.118. The zero-order valence-corrected chi connectivity index (χ0v) is 10.8. The molecule has 0 aliphatic carbocycles. The average Bonchev–Trinajstić information content (AvgIpc) is 2.98. The Bertz CT molecular complexity index is 530. The van der Waals surface area contributed by atoms with Crippen molar-refractivity contribution in [2.75, 3.05) is 13.2 Å². The zero-order chi connectivity index (χ0) is 13.1. The van der Waals surface area contributed by atoms with Crippen molar-refractivity contribution in [1.82, 2.24) is 9.97 Å². The second-order valence-corrected chi connectivity index (χ2v) is 4.98. The third-order valence-corrected chi connectivity index (χ3v) is 3.92. The topological polar surface area (TPSA) is 58.1 Å². The predicted molar refractivity (Wildman–Crippen MR) is 71.8 cm³/mol.